The SMILES string of the molecule is COC[C@H](C)N/C(=N/C(=O)c1ccc(F)c(F)c1)Nc1nn(C(=O)[C@@H](NCl)C(C)C)c2cc(C)ccc12. The molecule has 12 heteroatoms. The number of nitrogens with zero attached hydrogens (tertiary/aromatic N) is 3. The first-order valence-electron chi connectivity index (χ1n) is 11.6. The minimum atomic E-state index is -1.16. The Morgan fingerprint density at radius 2 is 1.86 bits per heavy atom. The number of rotatable bonds is 8. The lowest BCUT2D eigenvalue weighted by molar-refractivity contribution is 0.0837. The van der Waals surface area contributed by atoms with Gasteiger partial charge in [0.25, 0.3) is 11.8 Å². The van der Waals surface area contributed by atoms with Crippen molar-refractivity contribution < 1.29 is 23.1 Å². The lowest BCUT2D eigenvalue weighted by Crippen LogP contribution is -2.41. The zero-order valence-corrected chi connectivity index (χ0v) is 21.9. The number of hydrogen-bond acceptors (Lipinski definition) is 5. The molecule has 0 radical (unpaired) electrons. The van der Waals surface area contributed by atoms with Crippen LogP contribution in [0.25, 0.3) is 10.9 Å². The van der Waals surface area contributed by atoms with Crippen LogP contribution in [-0.4, -0.2) is 53.4 Å². The van der Waals surface area contributed by atoms with Crippen molar-refractivity contribution in [3.05, 3.63) is 59.2 Å². The molecule has 0 aliphatic heterocycles. The van der Waals surface area contributed by atoms with E-state index in [1.165, 1.54) is 11.8 Å². The molecule has 1 heterocycles. The van der Waals surface area contributed by atoms with E-state index in [2.05, 4.69) is 25.6 Å². The third kappa shape index (κ3) is 6.68. The zero-order chi connectivity index (χ0) is 27.3. The van der Waals surface area contributed by atoms with Gasteiger partial charge in [0.1, 0.15) is 6.04 Å². The van der Waals surface area contributed by atoms with Crippen LogP contribution in [-0.2, 0) is 4.74 Å². The maximum atomic E-state index is 13.7. The van der Waals surface area contributed by atoms with Crippen molar-refractivity contribution in [3.63, 3.8) is 0 Å². The summed E-state index contributed by atoms with van der Waals surface area (Å²) in [7, 11) is 1.52. The number of aromatic nitrogens is 2. The number of amides is 1. The van der Waals surface area contributed by atoms with Gasteiger partial charge in [0.05, 0.1) is 12.1 Å². The Hall–Kier alpha value is -3.41. The molecule has 198 valence electrons. The van der Waals surface area contributed by atoms with Crippen LogP contribution in [0, 0.1) is 24.5 Å². The highest BCUT2D eigenvalue weighted by Gasteiger charge is 2.27. The summed E-state index contributed by atoms with van der Waals surface area (Å²) in [5.41, 5.74) is 1.29. The standard InChI is InChI=1S/C25H29ClF2N6O3/c1-13(2)21(32-26)24(36)34-20-10-14(3)6-8-17(20)22(33-34)30-25(29-15(4)12-37-5)31-23(35)16-7-9-18(27)19(28)11-16/h6-11,13,15,21,32H,12H2,1-5H3,(H2,29,30,31,33,35)/t15-,21-/m0/s1. The van der Waals surface area contributed by atoms with Gasteiger partial charge in [-0.05, 0) is 67.4 Å². The Balaban J connectivity index is 2.06. The van der Waals surface area contributed by atoms with Gasteiger partial charge in [-0.25, -0.2) is 13.6 Å². The summed E-state index contributed by atoms with van der Waals surface area (Å²) in [4.78, 5) is 32.6. The van der Waals surface area contributed by atoms with Crippen LogP contribution in [0.3, 0.4) is 0 Å². The topological polar surface area (TPSA) is 110 Å². The van der Waals surface area contributed by atoms with Gasteiger partial charge in [-0.2, -0.15) is 9.67 Å². The van der Waals surface area contributed by atoms with Crippen molar-refractivity contribution in [2.75, 3.05) is 19.0 Å². The molecule has 0 bridgehead atoms. The van der Waals surface area contributed by atoms with Crippen LogP contribution in [0.4, 0.5) is 14.6 Å². The molecule has 2 atom stereocenters. The Morgan fingerprint density at radius 1 is 1.14 bits per heavy atom. The number of guanidine groups is 1. The molecule has 9 nitrogen and oxygen atoms in total. The minimum absolute atomic E-state index is 0.0188. The first kappa shape index (κ1) is 28.2. The quantitative estimate of drug-likeness (QED) is 0.225. The van der Waals surface area contributed by atoms with Gasteiger partial charge >= 0.3 is 0 Å². The fourth-order valence-corrected chi connectivity index (χ4v) is 3.95. The summed E-state index contributed by atoms with van der Waals surface area (Å²) < 4.78 is 33.4. The molecule has 0 aliphatic rings. The molecular weight excluding hydrogens is 506 g/mol. The molecule has 0 fully saturated rings. The van der Waals surface area contributed by atoms with E-state index in [0.29, 0.717) is 10.9 Å². The minimum Gasteiger partial charge on any atom is -0.383 e. The first-order valence-corrected chi connectivity index (χ1v) is 11.9. The van der Waals surface area contributed by atoms with E-state index in [1.54, 1.807) is 19.1 Å². The first-order chi connectivity index (χ1) is 17.5. The van der Waals surface area contributed by atoms with Gasteiger partial charge in [0.2, 0.25) is 5.96 Å². The molecule has 1 amide bonds. The largest absolute Gasteiger partial charge is 0.383 e. The highest BCUT2D eigenvalue weighted by molar-refractivity contribution is 6.15. The molecule has 0 saturated carbocycles. The van der Waals surface area contributed by atoms with Crippen molar-refractivity contribution in [1.29, 1.82) is 0 Å². The average molecular weight is 535 g/mol. The molecule has 3 rings (SSSR count). The molecular formula is C25H29ClF2N6O3. The number of ether oxygens (including phenoxy) is 1. The summed E-state index contributed by atoms with van der Waals surface area (Å²) >= 11 is 5.85. The van der Waals surface area contributed by atoms with Crippen molar-refractivity contribution >= 4 is 46.3 Å². The fourth-order valence-electron chi connectivity index (χ4n) is 3.60. The maximum absolute atomic E-state index is 13.7. The van der Waals surface area contributed by atoms with Crippen LogP contribution < -0.4 is 15.5 Å². The number of hydrogen-bond donors (Lipinski definition) is 3. The van der Waals surface area contributed by atoms with E-state index >= 15 is 0 Å². The number of aliphatic imine (C=N–C) groups is 1. The third-order valence-electron chi connectivity index (χ3n) is 5.51. The van der Waals surface area contributed by atoms with Gasteiger partial charge in [0, 0.05) is 24.1 Å². The molecule has 3 N–H and O–H groups in total. The number of aryl methyl sites for hydroxylation is 1. The number of carbonyl (C=O) groups is 2. The van der Waals surface area contributed by atoms with Crippen molar-refractivity contribution in [1.82, 2.24) is 19.9 Å². The van der Waals surface area contributed by atoms with Crippen LogP contribution in [0.5, 0.6) is 0 Å². The number of fused-ring (bicyclic) bond motifs is 1. The molecule has 2 aromatic carbocycles. The Kier molecular flexibility index (Phi) is 9.30. The van der Waals surface area contributed by atoms with Crippen molar-refractivity contribution in [2.24, 2.45) is 10.9 Å². The number of halogens is 3. The van der Waals surface area contributed by atoms with Crippen LogP contribution in [0.2, 0.25) is 0 Å². The predicted octanol–water partition coefficient (Wildman–Crippen LogP) is 4.26. The number of anilines is 1. The van der Waals surface area contributed by atoms with Gasteiger partial charge in [-0.1, -0.05) is 19.9 Å². The lowest BCUT2D eigenvalue weighted by Gasteiger charge is -2.17. The number of nitrogens with one attached hydrogen (secondary N) is 3. The van der Waals surface area contributed by atoms with Gasteiger partial charge in [-0.15, -0.1) is 5.10 Å². The highest BCUT2D eigenvalue weighted by atomic mass is 35.5. The predicted molar refractivity (Wildman–Crippen MR) is 139 cm³/mol. The summed E-state index contributed by atoms with van der Waals surface area (Å²) in [6.07, 6.45) is 0. The van der Waals surface area contributed by atoms with Gasteiger partial charge in [-0.3, -0.25) is 9.59 Å². The van der Waals surface area contributed by atoms with Crippen LogP contribution in [0.1, 0.15) is 41.5 Å². The van der Waals surface area contributed by atoms with E-state index in [9.17, 15) is 18.4 Å². The van der Waals surface area contributed by atoms with E-state index in [4.69, 9.17) is 16.5 Å². The monoisotopic (exact) mass is 534 g/mol. The number of methoxy groups -OCH3 is 1. The molecule has 37 heavy (non-hydrogen) atoms. The molecule has 0 spiro atoms. The van der Waals surface area contributed by atoms with E-state index in [1.807, 2.05) is 26.8 Å². The fraction of sp³-hybridized carbons (Fsp3) is 0.360. The van der Waals surface area contributed by atoms with E-state index < -0.39 is 23.6 Å². The van der Waals surface area contributed by atoms with Crippen molar-refractivity contribution in [3.8, 4) is 0 Å². The van der Waals surface area contributed by atoms with Crippen LogP contribution >= 0.6 is 11.8 Å². The molecule has 0 aliphatic carbocycles. The zero-order valence-electron chi connectivity index (χ0n) is 21.1. The smallest absolute Gasteiger partial charge is 0.280 e. The van der Waals surface area contributed by atoms with E-state index in [0.717, 1.165) is 23.8 Å². The summed E-state index contributed by atoms with van der Waals surface area (Å²) in [6.45, 7) is 7.67. The van der Waals surface area contributed by atoms with Gasteiger partial charge in [0.15, 0.2) is 17.5 Å². The molecule has 0 saturated heterocycles. The normalized spacial score (nSPS) is 13.6. The maximum Gasteiger partial charge on any atom is 0.280 e. The average Bonchev–Trinajstić information content (AvgIpc) is 3.18. The van der Waals surface area contributed by atoms with Crippen LogP contribution in [0.15, 0.2) is 41.4 Å². The lowest BCUT2D eigenvalue weighted by atomic mass is 10.0. The molecule has 0 unspecified atom stereocenters. The molecule has 1 aromatic heterocycles. The Bertz CT molecular complexity index is 1330. The second kappa shape index (κ2) is 12.2. The summed E-state index contributed by atoms with van der Waals surface area (Å²) in [5.74, 6) is -3.32. The van der Waals surface area contributed by atoms with E-state index in [-0.39, 0.29) is 41.8 Å². The second-order valence-electron chi connectivity index (χ2n) is 8.97. The summed E-state index contributed by atoms with van der Waals surface area (Å²) in [5, 5.41) is 11.0. The second-order valence-corrected chi connectivity index (χ2v) is 9.19. The summed E-state index contributed by atoms with van der Waals surface area (Å²) in [6, 6.07) is 7.21. The number of benzene rings is 2. The number of carbonyl (C=O) groups excluding carboxylic acids is 2. The third-order valence-corrected chi connectivity index (χ3v) is 5.75. The van der Waals surface area contributed by atoms with Crippen molar-refractivity contribution in [2.45, 2.75) is 39.8 Å². The molecule has 3 aromatic rings. The highest BCUT2D eigenvalue weighted by Crippen LogP contribution is 2.25. The van der Waals surface area contributed by atoms with Gasteiger partial charge < -0.3 is 15.4 Å². The Labute approximate surface area is 218 Å². The Morgan fingerprint density at radius 3 is 2.49 bits per heavy atom.